The van der Waals surface area contributed by atoms with E-state index in [9.17, 15) is 18.0 Å². The van der Waals surface area contributed by atoms with Crippen molar-refractivity contribution >= 4 is 11.9 Å². The van der Waals surface area contributed by atoms with Gasteiger partial charge in [0.1, 0.15) is 19.5 Å². The van der Waals surface area contributed by atoms with Crippen molar-refractivity contribution in [3.63, 3.8) is 0 Å². The molecule has 0 saturated heterocycles. The van der Waals surface area contributed by atoms with Gasteiger partial charge in [0.25, 0.3) is 0 Å². The Hall–Kier alpha value is -2.45. The molecule has 0 aliphatic rings. The molecule has 9 heteroatoms. The van der Waals surface area contributed by atoms with Gasteiger partial charge < -0.3 is 20.3 Å². The minimum atomic E-state index is -5.08. The van der Waals surface area contributed by atoms with E-state index in [2.05, 4.69) is 13.2 Å². The third-order valence-electron chi connectivity index (χ3n) is 1.40. The third kappa shape index (κ3) is 15.5. The van der Waals surface area contributed by atoms with Crippen LogP contribution < -0.4 is 5.73 Å². The van der Waals surface area contributed by atoms with Gasteiger partial charge in [-0.05, 0) is 0 Å². The third-order valence-corrected chi connectivity index (χ3v) is 1.40. The average Bonchev–Trinajstić information content (AvgIpc) is 2.36. The zero-order valence-electron chi connectivity index (χ0n) is 11.1. The fourth-order valence-corrected chi connectivity index (χ4v) is 0.634. The number of hydrogen-bond donors (Lipinski definition) is 2. The Labute approximate surface area is 119 Å². The molecule has 0 aliphatic carbocycles. The molecule has 0 aliphatic heterocycles. The Kier molecular flexibility index (Phi) is 11.3. The number of ether oxygens (including phenoxy) is 2. The van der Waals surface area contributed by atoms with Crippen molar-refractivity contribution in [1.29, 1.82) is 0 Å². The topological polar surface area (TPSA) is 98.9 Å². The van der Waals surface area contributed by atoms with Gasteiger partial charge in [0.05, 0.1) is 12.1 Å². The molecule has 0 fully saturated rings. The summed E-state index contributed by atoms with van der Waals surface area (Å²) in [5, 5.41) is 7.12. The molecule has 0 aromatic rings. The van der Waals surface area contributed by atoms with E-state index in [-0.39, 0.29) is 13.0 Å². The number of halogens is 3. The van der Waals surface area contributed by atoms with E-state index >= 15 is 0 Å². The minimum absolute atomic E-state index is 0.0188. The predicted molar refractivity (Wildman–Crippen MR) is 67.9 cm³/mol. The molecule has 0 amide bonds. The molecule has 0 radical (unpaired) electrons. The number of carboxylic acids is 1. The molecule has 0 aromatic carbocycles. The highest BCUT2D eigenvalue weighted by molar-refractivity contribution is 5.73. The number of alkyl halides is 3. The fourth-order valence-electron chi connectivity index (χ4n) is 0.634. The lowest BCUT2D eigenvalue weighted by atomic mass is 10.3. The fraction of sp³-hybridized carbons (Fsp3) is 0.333. The molecule has 0 saturated carbocycles. The van der Waals surface area contributed by atoms with Crippen molar-refractivity contribution in [2.45, 2.75) is 12.6 Å². The van der Waals surface area contributed by atoms with E-state index in [1.807, 2.05) is 0 Å². The van der Waals surface area contributed by atoms with Gasteiger partial charge >= 0.3 is 18.1 Å². The molecule has 3 N–H and O–H groups in total. The average molecular weight is 311 g/mol. The molecular weight excluding hydrogens is 295 g/mol. The Bertz CT molecular complexity index is 391. The summed E-state index contributed by atoms with van der Waals surface area (Å²) in [4.78, 5) is 19.9. The first-order valence-corrected chi connectivity index (χ1v) is 5.38. The number of rotatable bonds is 7. The van der Waals surface area contributed by atoms with Crippen LogP contribution in [0, 0.1) is 0 Å². The predicted octanol–water partition coefficient (Wildman–Crippen LogP) is 1.74. The van der Waals surface area contributed by atoms with Crippen molar-refractivity contribution in [2.24, 2.45) is 5.73 Å². The molecule has 0 rings (SSSR count). The summed E-state index contributed by atoms with van der Waals surface area (Å²) in [5.74, 6) is -3.16. The molecule has 120 valence electrons. The second-order valence-corrected chi connectivity index (χ2v) is 3.27. The van der Waals surface area contributed by atoms with E-state index < -0.39 is 18.1 Å². The van der Waals surface area contributed by atoms with Crippen LogP contribution in [0.2, 0.25) is 0 Å². The lowest BCUT2D eigenvalue weighted by molar-refractivity contribution is -0.192. The first-order valence-electron chi connectivity index (χ1n) is 5.38. The molecule has 0 spiro atoms. The minimum Gasteiger partial charge on any atom is -0.495 e. The van der Waals surface area contributed by atoms with Crippen molar-refractivity contribution in [2.75, 3.05) is 13.2 Å². The first-order chi connectivity index (χ1) is 9.65. The van der Waals surface area contributed by atoms with Gasteiger partial charge in [0.2, 0.25) is 0 Å². The van der Waals surface area contributed by atoms with Gasteiger partial charge in [-0.25, -0.2) is 4.79 Å². The van der Waals surface area contributed by atoms with Crippen LogP contribution in [-0.2, 0) is 19.1 Å². The van der Waals surface area contributed by atoms with Gasteiger partial charge in [-0.3, -0.25) is 4.79 Å². The van der Waals surface area contributed by atoms with Crippen LogP contribution in [0.25, 0.3) is 0 Å². The van der Waals surface area contributed by atoms with Gasteiger partial charge in [-0.2, -0.15) is 13.2 Å². The number of esters is 1. The van der Waals surface area contributed by atoms with Crippen LogP contribution in [0.3, 0.4) is 0 Å². The van der Waals surface area contributed by atoms with Crippen LogP contribution in [0.4, 0.5) is 13.2 Å². The first kappa shape index (κ1) is 20.9. The zero-order chi connectivity index (χ0) is 16.9. The highest BCUT2D eigenvalue weighted by atomic mass is 19.4. The van der Waals surface area contributed by atoms with E-state index in [0.717, 1.165) is 0 Å². The maximum absolute atomic E-state index is 11.0. The number of nitrogens with two attached hydrogens (primary N) is 1. The number of carbonyl (C=O) groups excluding carboxylic acids is 1. The lowest BCUT2D eigenvalue weighted by Crippen LogP contribution is -2.21. The largest absolute Gasteiger partial charge is 0.495 e. The standard InChI is InChI=1S/C10H15NO3.C2HF3O2/c1-3-5-13-8-9(11)7-10(12)14-6-4-2;3-2(4,5)1(6)7/h3-4,8H,1-2,5-7,11H2;(H,6,7). The van der Waals surface area contributed by atoms with Crippen LogP contribution in [0.15, 0.2) is 37.3 Å². The summed E-state index contributed by atoms with van der Waals surface area (Å²) in [5.41, 5.74) is 5.78. The number of carboxylic acid groups (broad SMARTS) is 1. The normalized spacial score (nSPS) is 10.7. The monoisotopic (exact) mass is 311 g/mol. The Morgan fingerprint density at radius 1 is 1.19 bits per heavy atom. The molecule has 0 atom stereocenters. The van der Waals surface area contributed by atoms with E-state index in [4.69, 9.17) is 25.1 Å². The van der Waals surface area contributed by atoms with E-state index in [0.29, 0.717) is 12.3 Å². The lowest BCUT2D eigenvalue weighted by Gasteiger charge is -2.02. The maximum Gasteiger partial charge on any atom is 0.490 e. The van der Waals surface area contributed by atoms with Crippen molar-refractivity contribution < 1.29 is 37.3 Å². The second kappa shape index (κ2) is 11.4. The van der Waals surface area contributed by atoms with E-state index in [1.54, 1.807) is 6.08 Å². The van der Waals surface area contributed by atoms with Crippen LogP contribution >= 0.6 is 0 Å². The van der Waals surface area contributed by atoms with Gasteiger partial charge in [0, 0.05) is 0 Å². The molecular formula is C12H16F3NO5. The Morgan fingerprint density at radius 3 is 2.05 bits per heavy atom. The van der Waals surface area contributed by atoms with Crippen molar-refractivity contribution in [3.05, 3.63) is 37.3 Å². The molecule has 0 unspecified atom stereocenters. The molecule has 6 nitrogen and oxygen atoms in total. The number of aliphatic carboxylic acids is 1. The molecule has 0 heterocycles. The van der Waals surface area contributed by atoms with Crippen LogP contribution in [0.1, 0.15) is 6.42 Å². The second-order valence-electron chi connectivity index (χ2n) is 3.27. The maximum atomic E-state index is 11.0. The van der Waals surface area contributed by atoms with Crippen molar-refractivity contribution in [1.82, 2.24) is 0 Å². The van der Waals surface area contributed by atoms with Crippen LogP contribution in [0.5, 0.6) is 0 Å². The summed E-state index contributed by atoms with van der Waals surface area (Å²) < 4.78 is 41.4. The summed E-state index contributed by atoms with van der Waals surface area (Å²) in [6, 6.07) is 0. The number of hydrogen-bond acceptors (Lipinski definition) is 5. The summed E-state index contributed by atoms with van der Waals surface area (Å²) >= 11 is 0. The summed E-state index contributed by atoms with van der Waals surface area (Å²) in [6.07, 6.45) is -0.673. The molecule has 21 heavy (non-hydrogen) atoms. The van der Waals surface area contributed by atoms with Gasteiger partial charge in [-0.1, -0.05) is 25.3 Å². The quantitative estimate of drug-likeness (QED) is 0.321. The molecule has 0 bridgehead atoms. The zero-order valence-corrected chi connectivity index (χ0v) is 11.1. The van der Waals surface area contributed by atoms with Gasteiger partial charge in [-0.15, -0.1) is 0 Å². The van der Waals surface area contributed by atoms with Crippen molar-refractivity contribution in [3.8, 4) is 0 Å². The highest BCUT2D eigenvalue weighted by Gasteiger charge is 2.38. The highest BCUT2D eigenvalue weighted by Crippen LogP contribution is 2.13. The van der Waals surface area contributed by atoms with Crippen LogP contribution in [-0.4, -0.2) is 36.4 Å². The number of carbonyl (C=O) groups is 2. The summed E-state index contributed by atoms with van der Waals surface area (Å²) in [6.45, 7) is 7.43. The smallest absolute Gasteiger partial charge is 0.490 e. The summed E-state index contributed by atoms with van der Waals surface area (Å²) in [7, 11) is 0. The molecule has 0 aromatic heterocycles. The van der Waals surface area contributed by atoms with E-state index in [1.165, 1.54) is 12.3 Å². The SMILES string of the molecule is C=CCOC=C(N)CC(=O)OCC=C.O=C(O)C(F)(F)F. The Morgan fingerprint density at radius 2 is 1.67 bits per heavy atom. The van der Waals surface area contributed by atoms with Gasteiger partial charge in [0.15, 0.2) is 0 Å². The Balaban J connectivity index is 0.